The maximum absolute atomic E-state index is 14.3. The van der Waals surface area contributed by atoms with Crippen molar-refractivity contribution in [3.05, 3.63) is 117 Å². The fourth-order valence-corrected chi connectivity index (χ4v) is 4.00. The summed E-state index contributed by atoms with van der Waals surface area (Å²) in [6, 6.07) is 9.83. The third-order valence-electron chi connectivity index (χ3n) is 5.93. The summed E-state index contributed by atoms with van der Waals surface area (Å²) in [5.41, 5.74) is 1.34. The number of nitrogens with zero attached hydrogens (tertiary/aromatic N) is 2. The molecule has 1 fully saturated rings. The number of carbonyl (C=O) groups excluding carboxylic acids is 3. The van der Waals surface area contributed by atoms with E-state index in [1.807, 2.05) is 0 Å². The number of aromatic nitrogens is 1. The number of amides is 2. The summed E-state index contributed by atoms with van der Waals surface area (Å²) in [6.07, 6.45) is 2.46. The summed E-state index contributed by atoms with van der Waals surface area (Å²) in [7, 11) is 0. The zero-order valence-corrected chi connectivity index (χ0v) is 19.9. The normalized spacial score (nSPS) is 13.6. The highest BCUT2D eigenvalue weighted by Crippen LogP contribution is 2.17. The molecular weight excluding hydrogens is 503 g/mol. The molecule has 8 nitrogen and oxygen atoms in total. The first-order chi connectivity index (χ1) is 18.1. The first-order valence-electron chi connectivity index (χ1n) is 11.6. The minimum absolute atomic E-state index is 0.0777. The van der Waals surface area contributed by atoms with Gasteiger partial charge in [-0.05, 0) is 35.7 Å². The standard InChI is InChI=1S/C27H22F3N3O5/c28-19-8-7-17(22(30)12-19)10-16-11-20(27(38)32(14-16)15-18-4-1-2-5-21(18)29)23(34)13-24(35)26(37)31-33-9-3-6-25(33)36/h1-2,4-5,7-8,11-14,35H,3,6,9-10,15H2,(H,31,37)/b24-13-. The molecule has 0 radical (unpaired) electrons. The Balaban J connectivity index is 1.69. The lowest BCUT2D eigenvalue weighted by Gasteiger charge is -2.16. The Kier molecular flexibility index (Phi) is 7.75. The highest BCUT2D eigenvalue weighted by Gasteiger charge is 2.24. The van der Waals surface area contributed by atoms with Crippen LogP contribution in [0.4, 0.5) is 13.2 Å². The van der Waals surface area contributed by atoms with E-state index in [1.165, 1.54) is 30.5 Å². The van der Waals surface area contributed by atoms with Crippen molar-refractivity contribution in [1.29, 1.82) is 0 Å². The molecular formula is C27H22F3N3O5. The SMILES string of the molecule is O=C(NN1CCCC1=O)/C(O)=C/C(=O)c1cc(Cc2ccc(F)cc2F)cn(Cc2ccccc2F)c1=O. The van der Waals surface area contributed by atoms with Crippen molar-refractivity contribution < 1.29 is 32.7 Å². The van der Waals surface area contributed by atoms with Crippen LogP contribution in [-0.4, -0.2) is 38.8 Å². The van der Waals surface area contributed by atoms with Gasteiger partial charge in [-0.3, -0.25) is 29.6 Å². The van der Waals surface area contributed by atoms with E-state index < -0.39 is 46.0 Å². The van der Waals surface area contributed by atoms with Gasteiger partial charge in [0.25, 0.3) is 5.56 Å². The molecule has 38 heavy (non-hydrogen) atoms. The van der Waals surface area contributed by atoms with E-state index in [4.69, 9.17) is 0 Å². The van der Waals surface area contributed by atoms with Crippen LogP contribution in [-0.2, 0) is 22.6 Å². The predicted octanol–water partition coefficient (Wildman–Crippen LogP) is 3.18. The molecule has 11 heteroatoms. The Morgan fingerprint density at radius 3 is 2.45 bits per heavy atom. The minimum Gasteiger partial charge on any atom is -0.503 e. The van der Waals surface area contributed by atoms with Gasteiger partial charge >= 0.3 is 5.91 Å². The molecule has 0 aliphatic carbocycles. The van der Waals surface area contributed by atoms with Crippen molar-refractivity contribution in [2.24, 2.45) is 0 Å². The second-order valence-electron chi connectivity index (χ2n) is 8.68. The molecule has 0 unspecified atom stereocenters. The summed E-state index contributed by atoms with van der Waals surface area (Å²) in [6.45, 7) is -0.0205. The van der Waals surface area contributed by atoms with Gasteiger partial charge in [0, 0.05) is 43.3 Å². The van der Waals surface area contributed by atoms with E-state index in [1.54, 1.807) is 6.07 Å². The van der Waals surface area contributed by atoms with Crippen LogP contribution in [0.1, 0.15) is 39.9 Å². The molecule has 196 valence electrons. The molecule has 2 heterocycles. The maximum Gasteiger partial charge on any atom is 0.304 e. The van der Waals surface area contributed by atoms with Crippen LogP contribution in [0.15, 0.2) is 71.4 Å². The van der Waals surface area contributed by atoms with E-state index in [0.717, 1.165) is 21.7 Å². The number of hydrogen-bond donors (Lipinski definition) is 2. The molecule has 2 amide bonds. The second kappa shape index (κ2) is 11.2. The van der Waals surface area contributed by atoms with Crippen LogP contribution in [0, 0.1) is 17.5 Å². The van der Waals surface area contributed by atoms with Gasteiger partial charge in [-0.25, -0.2) is 13.2 Å². The fourth-order valence-electron chi connectivity index (χ4n) is 4.00. The Hall–Kier alpha value is -4.67. The summed E-state index contributed by atoms with van der Waals surface area (Å²) >= 11 is 0. The van der Waals surface area contributed by atoms with Gasteiger partial charge in [-0.1, -0.05) is 24.3 Å². The van der Waals surface area contributed by atoms with E-state index in [-0.39, 0.29) is 48.5 Å². The Morgan fingerprint density at radius 1 is 1.00 bits per heavy atom. The number of aliphatic hydroxyl groups excluding tert-OH is 1. The van der Waals surface area contributed by atoms with Gasteiger partial charge in [-0.15, -0.1) is 0 Å². The number of halogens is 3. The number of benzene rings is 2. The molecule has 2 aromatic carbocycles. The number of carbonyl (C=O) groups is 3. The molecule has 1 saturated heterocycles. The zero-order valence-electron chi connectivity index (χ0n) is 19.9. The van der Waals surface area contributed by atoms with Crippen LogP contribution in [0.3, 0.4) is 0 Å². The highest BCUT2D eigenvalue weighted by molar-refractivity contribution is 6.08. The van der Waals surface area contributed by atoms with Gasteiger partial charge < -0.3 is 9.67 Å². The molecule has 3 aromatic rings. The topological polar surface area (TPSA) is 109 Å². The maximum atomic E-state index is 14.3. The van der Waals surface area contributed by atoms with Gasteiger partial charge in [0.2, 0.25) is 5.91 Å². The van der Waals surface area contributed by atoms with E-state index >= 15 is 0 Å². The smallest absolute Gasteiger partial charge is 0.304 e. The number of rotatable bonds is 8. The average Bonchev–Trinajstić information content (AvgIpc) is 3.27. The van der Waals surface area contributed by atoms with Crippen LogP contribution < -0.4 is 11.0 Å². The van der Waals surface area contributed by atoms with E-state index in [9.17, 15) is 37.5 Å². The van der Waals surface area contributed by atoms with Gasteiger partial charge in [0.15, 0.2) is 11.5 Å². The third kappa shape index (κ3) is 6.00. The highest BCUT2D eigenvalue weighted by atomic mass is 19.1. The van der Waals surface area contributed by atoms with Crippen molar-refractivity contribution in [2.45, 2.75) is 25.8 Å². The van der Waals surface area contributed by atoms with Crippen molar-refractivity contribution in [1.82, 2.24) is 15.0 Å². The second-order valence-corrected chi connectivity index (χ2v) is 8.68. The van der Waals surface area contributed by atoms with Crippen LogP contribution in [0.25, 0.3) is 0 Å². The van der Waals surface area contributed by atoms with Crippen LogP contribution >= 0.6 is 0 Å². The molecule has 1 aromatic heterocycles. The van der Waals surface area contributed by atoms with Crippen molar-refractivity contribution in [3.8, 4) is 0 Å². The zero-order chi connectivity index (χ0) is 27.4. The molecule has 0 bridgehead atoms. The van der Waals surface area contributed by atoms with Crippen LogP contribution in [0.5, 0.6) is 0 Å². The lowest BCUT2D eigenvalue weighted by atomic mass is 10.0. The lowest BCUT2D eigenvalue weighted by Crippen LogP contribution is -2.43. The van der Waals surface area contributed by atoms with Gasteiger partial charge in [0.1, 0.15) is 17.5 Å². The number of aliphatic hydroxyl groups is 1. The van der Waals surface area contributed by atoms with E-state index in [0.29, 0.717) is 18.6 Å². The summed E-state index contributed by atoms with van der Waals surface area (Å²) in [4.78, 5) is 50.0. The average molecular weight is 525 g/mol. The van der Waals surface area contributed by atoms with Crippen molar-refractivity contribution >= 4 is 17.6 Å². The van der Waals surface area contributed by atoms with Crippen LogP contribution in [0.2, 0.25) is 0 Å². The summed E-state index contributed by atoms with van der Waals surface area (Å²) in [5.74, 6) is -5.76. The van der Waals surface area contributed by atoms with Crippen molar-refractivity contribution in [2.75, 3.05) is 6.54 Å². The first kappa shape index (κ1) is 26.4. The predicted molar refractivity (Wildman–Crippen MR) is 130 cm³/mol. The van der Waals surface area contributed by atoms with E-state index in [2.05, 4.69) is 5.43 Å². The monoisotopic (exact) mass is 525 g/mol. The Labute approximate surface area is 214 Å². The third-order valence-corrected chi connectivity index (χ3v) is 5.93. The molecule has 2 N–H and O–H groups in total. The summed E-state index contributed by atoms with van der Waals surface area (Å²) < 4.78 is 43.0. The first-order valence-corrected chi connectivity index (χ1v) is 11.6. The quantitative estimate of drug-likeness (QED) is 0.267. The van der Waals surface area contributed by atoms with Gasteiger partial charge in [-0.2, -0.15) is 0 Å². The van der Waals surface area contributed by atoms with Gasteiger partial charge in [0.05, 0.1) is 12.1 Å². The van der Waals surface area contributed by atoms with Crippen molar-refractivity contribution in [3.63, 3.8) is 0 Å². The lowest BCUT2D eigenvalue weighted by molar-refractivity contribution is -0.137. The molecule has 1 aliphatic heterocycles. The number of allylic oxidation sites excluding steroid dienone is 1. The Bertz CT molecular complexity index is 1520. The molecule has 4 rings (SSSR count). The number of nitrogens with one attached hydrogen (secondary N) is 1. The number of pyridine rings is 1. The molecule has 0 saturated carbocycles. The largest absolute Gasteiger partial charge is 0.503 e. The molecule has 0 spiro atoms. The summed E-state index contributed by atoms with van der Waals surface area (Å²) in [5, 5.41) is 11.2. The molecule has 1 aliphatic rings. The number of ketones is 1. The number of hydrogen-bond acceptors (Lipinski definition) is 5. The number of hydrazine groups is 1. The Morgan fingerprint density at radius 2 is 1.76 bits per heavy atom. The molecule has 0 atom stereocenters. The minimum atomic E-state index is -1.12. The fraction of sp³-hybridized carbons (Fsp3) is 0.185.